The van der Waals surface area contributed by atoms with Gasteiger partial charge in [0.2, 0.25) is 5.91 Å². The molecular formula is C9H11NO4. The SMILES string of the molecule is C=C(C)C(=O)N1CCC(=O)C1C(=O)O. The lowest BCUT2D eigenvalue weighted by Gasteiger charge is -2.19. The monoisotopic (exact) mass is 197 g/mol. The zero-order valence-corrected chi connectivity index (χ0v) is 7.82. The molecule has 1 amide bonds. The van der Waals surface area contributed by atoms with Crippen molar-refractivity contribution in [2.45, 2.75) is 19.4 Å². The predicted molar refractivity (Wildman–Crippen MR) is 47.6 cm³/mol. The standard InChI is InChI=1S/C9H11NO4/c1-5(2)8(12)10-4-3-6(11)7(10)9(13)14/h7H,1,3-4H2,2H3,(H,13,14). The van der Waals surface area contributed by atoms with Gasteiger partial charge in [-0.15, -0.1) is 0 Å². The third-order valence-electron chi connectivity index (χ3n) is 2.08. The number of aliphatic carboxylic acids is 1. The van der Waals surface area contributed by atoms with Gasteiger partial charge >= 0.3 is 5.97 Å². The lowest BCUT2D eigenvalue weighted by atomic mass is 10.2. The number of ketones is 1. The van der Waals surface area contributed by atoms with Crippen molar-refractivity contribution < 1.29 is 19.5 Å². The first-order chi connectivity index (χ1) is 6.45. The molecule has 1 atom stereocenters. The number of hydrogen-bond acceptors (Lipinski definition) is 3. The van der Waals surface area contributed by atoms with Crippen molar-refractivity contribution >= 4 is 17.7 Å². The van der Waals surface area contributed by atoms with E-state index in [-0.39, 0.29) is 18.5 Å². The highest BCUT2D eigenvalue weighted by molar-refractivity contribution is 6.09. The Morgan fingerprint density at radius 2 is 2.14 bits per heavy atom. The molecule has 14 heavy (non-hydrogen) atoms. The molecule has 0 aromatic rings. The Hall–Kier alpha value is -1.65. The molecule has 1 heterocycles. The normalized spacial score (nSPS) is 21.1. The summed E-state index contributed by atoms with van der Waals surface area (Å²) in [6, 6.07) is -1.32. The molecule has 1 N–H and O–H groups in total. The highest BCUT2D eigenvalue weighted by Crippen LogP contribution is 2.16. The van der Waals surface area contributed by atoms with E-state index in [0.29, 0.717) is 0 Å². The van der Waals surface area contributed by atoms with E-state index in [4.69, 9.17) is 5.11 Å². The Balaban J connectivity index is 2.90. The first kappa shape index (κ1) is 10.4. The van der Waals surface area contributed by atoms with E-state index >= 15 is 0 Å². The van der Waals surface area contributed by atoms with Crippen molar-refractivity contribution in [2.24, 2.45) is 0 Å². The minimum Gasteiger partial charge on any atom is -0.479 e. The number of Topliss-reactive ketones (excluding diaryl/α,β-unsaturated/α-hetero) is 1. The maximum Gasteiger partial charge on any atom is 0.334 e. The molecule has 0 spiro atoms. The van der Waals surface area contributed by atoms with Crippen LogP contribution in [0.3, 0.4) is 0 Å². The number of carboxylic acid groups (broad SMARTS) is 1. The molecule has 0 radical (unpaired) electrons. The van der Waals surface area contributed by atoms with Crippen molar-refractivity contribution in [2.75, 3.05) is 6.54 Å². The summed E-state index contributed by atoms with van der Waals surface area (Å²) in [5.74, 6) is -2.17. The van der Waals surface area contributed by atoms with Crippen LogP contribution in [0.25, 0.3) is 0 Å². The average Bonchev–Trinajstić information content (AvgIpc) is 2.45. The lowest BCUT2D eigenvalue weighted by molar-refractivity contribution is -0.149. The molecule has 1 saturated heterocycles. The van der Waals surface area contributed by atoms with Gasteiger partial charge in [-0.1, -0.05) is 6.58 Å². The molecule has 0 bridgehead atoms. The maximum absolute atomic E-state index is 11.4. The molecule has 0 saturated carbocycles. The van der Waals surface area contributed by atoms with Crippen LogP contribution in [0.15, 0.2) is 12.2 Å². The second-order valence-electron chi connectivity index (χ2n) is 3.24. The van der Waals surface area contributed by atoms with Crippen LogP contribution in [0.5, 0.6) is 0 Å². The van der Waals surface area contributed by atoms with E-state index in [1.165, 1.54) is 6.92 Å². The Morgan fingerprint density at radius 1 is 1.57 bits per heavy atom. The fourth-order valence-corrected chi connectivity index (χ4v) is 1.41. The second-order valence-corrected chi connectivity index (χ2v) is 3.24. The zero-order valence-electron chi connectivity index (χ0n) is 7.82. The Kier molecular flexibility index (Phi) is 2.69. The molecule has 1 aliphatic heterocycles. The molecule has 5 heteroatoms. The molecule has 0 aliphatic carbocycles. The van der Waals surface area contributed by atoms with Gasteiger partial charge < -0.3 is 10.0 Å². The summed E-state index contributed by atoms with van der Waals surface area (Å²) in [6.07, 6.45) is 0.107. The molecule has 1 rings (SSSR count). The molecule has 1 unspecified atom stereocenters. The minimum atomic E-state index is -1.32. The first-order valence-electron chi connectivity index (χ1n) is 4.17. The summed E-state index contributed by atoms with van der Waals surface area (Å²) in [7, 11) is 0. The van der Waals surface area contributed by atoms with Crippen molar-refractivity contribution in [3.8, 4) is 0 Å². The Morgan fingerprint density at radius 3 is 2.57 bits per heavy atom. The van der Waals surface area contributed by atoms with Gasteiger partial charge in [-0.3, -0.25) is 9.59 Å². The Labute approximate surface area is 81.0 Å². The number of carbonyl (C=O) groups excluding carboxylic acids is 2. The van der Waals surface area contributed by atoms with Gasteiger partial charge in [-0.2, -0.15) is 0 Å². The summed E-state index contributed by atoms with van der Waals surface area (Å²) in [5.41, 5.74) is 0.242. The van der Waals surface area contributed by atoms with Crippen molar-refractivity contribution in [3.63, 3.8) is 0 Å². The molecular weight excluding hydrogens is 186 g/mol. The number of carbonyl (C=O) groups is 3. The van der Waals surface area contributed by atoms with Crippen LogP contribution < -0.4 is 0 Å². The molecule has 1 aliphatic rings. The summed E-state index contributed by atoms with van der Waals surface area (Å²) in [4.78, 5) is 34.3. The van der Waals surface area contributed by atoms with E-state index < -0.39 is 23.7 Å². The third kappa shape index (κ3) is 1.66. The van der Waals surface area contributed by atoms with Crippen LogP contribution in [-0.2, 0) is 14.4 Å². The topological polar surface area (TPSA) is 74.7 Å². The van der Waals surface area contributed by atoms with Crippen molar-refractivity contribution in [1.82, 2.24) is 4.90 Å². The van der Waals surface area contributed by atoms with Crippen LogP contribution >= 0.6 is 0 Å². The summed E-state index contributed by atoms with van der Waals surface area (Å²) in [5, 5.41) is 8.74. The highest BCUT2D eigenvalue weighted by Gasteiger charge is 2.40. The van der Waals surface area contributed by atoms with Crippen LogP contribution in [0.4, 0.5) is 0 Å². The van der Waals surface area contributed by atoms with Gasteiger partial charge in [0, 0.05) is 18.5 Å². The van der Waals surface area contributed by atoms with Gasteiger partial charge in [-0.25, -0.2) is 4.79 Å². The number of carboxylic acids is 1. The number of rotatable bonds is 2. The van der Waals surface area contributed by atoms with Crippen LogP contribution in [-0.4, -0.2) is 40.3 Å². The highest BCUT2D eigenvalue weighted by atomic mass is 16.4. The fraction of sp³-hybridized carbons (Fsp3) is 0.444. The van der Waals surface area contributed by atoms with Gasteiger partial charge in [-0.05, 0) is 6.92 Å². The third-order valence-corrected chi connectivity index (χ3v) is 2.08. The summed E-state index contributed by atoms with van der Waals surface area (Å²) in [6.45, 7) is 5.08. The maximum atomic E-state index is 11.4. The van der Waals surface area contributed by atoms with Crippen LogP contribution in [0, 0.1) is 0 Å². The van der Waals surface area contributed by atoms with E-state index in [1.807, 2.05) is 0 Å². The number of likely N-dealkylation sites (tertiary alicyclic amines) is 1. The summed E-state index contributed by atoms with van der Waals surface area (Å²) < 4.78 is 0. The van der Waals surface area contributed by atoms with E-state index in [1.54, 1.807) is 0 Å². The summed E-state index contributed by atoms with van der Waals surface area (Å²) >= 11 is 0. The zero-order chi connectivity index (χ0) is 10.9. The van der Waals surface area contributed by atoms with Crippen LogP contribution in [0.2, 0.25) is 0 Å². The van der Waals surface area contributed by atoms with Gasteiger partial charge in [0.25, 0.3) is 0 Å². The first-order valence-corrected chi connectivity index (χ1v) is 4.17. The van der Waals surface area contributed by atoms with E-state index in [2.05, 4.69) is 6.58 Å². The molecule has 1 fully saturated rings. The largest absolute Gasteiger partial charge is 0.479 e. The van der Waals surface area contributed by atoms with Crippen LogP contribution in [0.1, 0.15) is 13.3 Å². The van der Waals surface area contributed by atoms with Gasteiger partial charge in [0.05, 0.1) is 0 Å². The van der Waals surface area contributed by atoms with E-state index in [9.17, 15) is 14.4 Å². The quantitative estimate of drug-likeness (QED) is 0.492. The molecule has 76 valence electrons. The van der Waals surface area contributed by atoms with Crippen molar-refractivity contribution in [3.05, 3.63) is 12.2 Å². The number of nitrogens with zero attached hydrogens (tertiary/aromatic N) is 1. The van der Waals surface area contributed by atoms with Gasteiger partial charge in [0.15, 0.2) is 11.8 Å². The molecule has 0 aromatic heterocycles. The minimum absolute atomic E-state index is 0.107. The van der Waals surface area contributed by atoms with Gasteiger partial charge in [0.1, 0.15) is 0 Å². The fourth-order valence-electron chi connectivity index (χ4n) is 1.41. The predicted octanol–water partition coefficient (Wildman–Crippen LogP) is -0.183. The van der Waals surface area contributed by atoms with Crippen molar-refractivity contribution in [1.29, 1.82) is 0 Å². The average molecular weight is 197 g/mol. The number of amides is 1. The van der Waals surface area contributed by atoms with E-state index in [0.717, 1.165) is 4.90 Å². The lowest BCUT2D eigenvalue weighted by Crippen LogP contribution is -2.43. The molecule has 5 nitrogen and oxygen atoms in total. The molecule has 0 aromatic carbocycles. The second kappa shape index (κ2) is 3.61. The number of hydrogen-bond donors (Lipinski definition) is 1. The smallest absolute Gasteiger partial charge is 0.334 e. The Bertz CT molecular complexity index is 321.